The lowest BCUT2D eigenvalue weighted by Crippen LogP contribution is -2.05. The predicted octanol–water partition coefficient (Wildman–Crippen LogP) is 1.97. The molecule has 0 aliphatic heterocycles. The van der Waals surface area contributed by atoms with E-state index in [0.29, 0.717) is 5.75 Å². The van der Waals surface area contributed by atoms with Crippen LogP contribution in [0.5, 0.6) is 5.75 Å². The van der Waals surface area contributed by atoms with Crippen molar-refractivity contribution in [3.63, 3.8) is 0 Å². The molecule has 5 nitrogen and oxygen atoms in total. The van der Waals surface area contributed by atoms with Gasteiger partial charge in [-0.1, -0.05) is 6.07 Å². The molecule has 0 radical (unpaired) electrons. The molecule has 0 spiro atoms. The Bertz CT molecular complexity index is 436. The van der Waals surface area contributed by atoms with E-state index in [4.69, 9.17) is 14.8 Å². The number of rotatable bonds is 5. The summed E-state index contributed by atoms with van der Waals surface area (Å²) in [5.41, 5.74) is 3.44. The van der Waals surface area contributed by atoms with Crippen molar-refractivity contribution in [2.24, 2.45) is 0 Å². The summed E-state index contributed by atoms with van der Waals surface area (Å²) >= 11 is 0. The molecule has 5 heteroatoms. The van der Waals surface area contributed by atoms with Crippen molar-refractivity contribution < 1.29 is 9.57 Å². The van der Waals surface area contributed by atoms with Gasteiger partial charge in [-0.25, -0.2) is 0 Å². The number of benzene rings is 1. The quantitative estimate of drug-likeness (QED) is 0.478. The van der Waals surface area contributed by atoms with Gasteiger partial charge in [-0.2, -0.15) is 5.26 Å². The number of hydrogen-bond donors (Lipinski definition) is 1. The summed E-state index contributed by atoms with van der Waals surface area (Å²) in [7, 11) is 5.17. The molecule has 1 aromatic carbocycles. The topological polar surface area (TPSA) is 57.5 Å². The molecule has 0 saturated carbocycles. The van der Waals surface area contributed by atoms with Gasteiger partial charge in [0.1, 0.15) is 11.8 Å². The highest BCUT2D eigenvalue weighted by Gasteiger charge is 2.01. The molecule has 0 aromatic heterocycles. The Morgan fingerprint density at radius 3 is 2.82 bits per heavy atom. The molecule has 0 saturated heterocycles. The Morgan fingerprint density at radius 2 is 2.24 bits per heavy atom. The highest BCUT2D eigenvalue weighted by molar-refractivity contribution is 5.47. The predicted molar refractivity (Wildman–Crippen MR) is 65.1 cm³/mol. The summed E-state index contributed by atoms with van der Waals surface area (Å²) in [5, 5.41) is 8.90. The average Bonchev–Trinajstić information content (AvgIpc) is 2.28. The molecular weight excluding hydrogens is 218 g/mol. The summed E-state index contributed by atoms with van der Waals surface area (Å²) in [6.07, 6.45) is 1.61. The maximum absolute atomic E-state index is 8.90. The lowest BCUT2D eigenvalue weighted by molar-refractivity contribution is 0.271. The largest absolute Gasteiger partial charge is 0.445 e. The summed E-state index contributed by atoms with van der Waals surface area (Å²) in [6, 6.07) is 9.12. The van der Waals surface area contributed by atoms with Crippen molar-refractivity contribution in [1.29, 1.82) is 5.26 Å². The van der Waals surface area contributed by atoms with Crippen molar-refractivity contribution in [3.05, 3.63) is 36.2 Å². The monoisotopic (exact) mass is 233 g/mol. The lowest BCUT2D eigenvalue weighted by Gasteiger charge is -2.09. The fourth-order valence-corrected chi connectivity index (χ4v) is 1.18. The number of anilines is 1. The van der Waals surface area contributed by atoms with Crippen LogP contribution in [0.1, 0.15) is 0 Å². The molecular formula is C12H15N3O2. The molecule has 1 N–H and O–H groups in total. The normalized spacial score (nSPS) is 10.6. The fraction of sp³-hybridized carbons (Fsp3) is 0.250. The summed E-state index contributed by atoms with van der Waals surface area (Å²) in [6.45, 7) is 0. The first-order valence-electron chi connectivity index (χ1n) is 5.01. The summed E-state index contributed by atoms with van der Waals surface area (Å²) in [4.78, 5) is 6.53. The Labute approximate surface area is 101 Å². The van der Waals surface area contributed by atoms with Crippen molar-refractivity contribution in [3.8, 4) is 11.8 Å². The zero-order valence-corrected chi connectivity index (χ0v) is 10.1. The Morgan fingerprint density at radius 1 is 1.47 bits per heavy atom. The van der Waals surface area contributed by atoms with Crippen LogP contribution in [0.3, 0.4) is 0 Å². The molecule has 0 atom stereocenters. The van der Waals surface area contributed by atoms with Crippen molar-refractivity contribution >= 4 is 5.69 Å². The third kappa shape index (κ3) is 4.45. The van der Waals surface area contributed by atoms with E-state index in [-0.39, 0.29) is 5.76 Å². The second-order valence-electron chi connectivity index (χ2n) is 3.50. The van der Waals surface area contributed by atoms with E-state index in [2.05, 4.69) is 5.48 Å². The SMILES string of the molecule is CONc1cccc(O/C(C#N)=C/N(C)C)c1. The van der Waals surface area contributed by atoms with Gasteiger partial charge in [-0.05, 0) is 12.1 Å². The highest BCUT2D eigenvalue weighted by atomic mass is 16.6. The van der Waals surface area contributed by atoms with Crippen LogP contribution in [0.15, 0.2) is 36.2 Å². The van der Waals surface area contributed by atoms with E-state index >= 15 is 0 Å². The first-order valence-corrected chi connectivity index (χ1v) is 5.01. The van der Waals surface area contributed by atoms with Crippen LogP contribution in [-0.4, -0.2) is 26.1 Å². The van der Waals surface area contributed by atoms with Gasteiger partial charge in [0.2, 0.25) is 5.76 Å². The molecule has 17 heavy (non-hydrogen) atoms. The van der Waals surface area contributed by atoms with Crippen LogP contribution in [0.2, 0.25) is 0 Å². The second-order valence-corrected chi connectivity index (χ2v) is 3.50. The smallest absolute Gasteiger partial charge is 0.219 e. The number of allylic oxidation sites excluding steroid dienone is 1. The van der Waals surface area contributed by atoms with E-state index in [0.717, 1.165) is 5.69 Å². The van der Waals surface area contributed by atoms with Crippen LogP contribution >= 0.6 is 0 Å². The molecule has 0 amide bonds. The van der Waals surface area contributed by atoms with Gasteiger partial charge in [0.05, 0.1) is 19.0 Å². The molecule has 0 heterocycles. The second kappa shape index (κ2) is 6.40. The molecule has 0 aliphatic rings. The third-order valence-corrected chi connectivity index (χ3v) is 1.77. The van der Waals surface area contributed by atoms with Gasteiger partial charge in [-0.3, -0.25) is 10.3 Å². The maximum Gasteiger partial charge on any atom is 0.219 e. The van der Waals surface area contributed by atoms with Gasteiger partial charge >= 0.3 is 0 Å². The summed E-state index contributed by atoms with van der Waals surface area (Å²) in [5.74, 6) is 0.797. The lowest BCUT2D eigenvalue weighted by atomic mass is 10.3. The minimum Gasteiger partial charge on any atom is -0.445 e. The van der Waals surface area contributed by atoms with Crippen molar-refractivity contribution in [2.75, 3.05) is 26.7 Å². The molecule has 1 aromatic rings. The van der Waals surface area contributed by atoms with E-state index < -0.39 is 0 Å². The molecule has 0 unspecified atom stereocenters. The van der Waals surface area contributed by atoms with E-state index in [1.54, 1.807) is 29.3 Å². The van der Waals surface area contributed by atoms with E-state index in [1.807, 2.05) is 26.2 Å². The van der Waals surface area contributed by atoms with Crippen LogP contribution in [0, 0.1) is 11.3 Å². The van der Waals surface area contributed by atoms with Crippen LogP contribution in [0.25, 0.3) is 0 Å². The van der Waals surface area contributed by atoms with Gasteiger partial charge in [0.15, 0.2) is 0 Å². The maximum atomic E-state index is 8.90. The molecule has 0 aliphatic carbocycles. The zero-order chi connectivity index (χ0) is 12.7. The molecule has 90 valence electrons. The van der Waals surface area contributed by atoms with Gasteiger partial charge in [0.25, 0.3) is 0 Å². The Kier molecular flexibility index (Phi) is 4.85. The minimum atomic E-state index is 0.226. The standard InChI is InChI=1S/C12H15N3O2/c1-15(2)9-12(8-13)17-11-6-4-5-10(7-11)14-16-3/h4-7,9,14H,1-3H3/b12-9+. The molecule has 0 fully saturated rings. The number of ether oxygens (including phenoxy) is 1. The van der Waals surface area contributed by atoms with Gasteiger partial charge < -0.3 is 9.64 Å². The van der Waals surface area contributed by atoms with E-state index in [1.165, 1.54) is 7.11 Å². The zero-order valence-electron chi connectivity index (χ0n) is 10.1. The fourth-order valence-electron chi connectivity index (χ4n) is 1.18. The minimum absolute atomic E-state index is 0.226. The van der Waals surface area contributed by atoms with Crippen LogP contribution < -0.4 is 10.2 Å². The van der Waals surface area contributed by atoms with Crippen LogP contribution in [0.4, 0.5) is 5.69 Å². The average molecular weight is 233 g/mol. The first kappa shape index (κ1) is 12.9. The number of nitriles is 1. The number of hydrogen-bond acceptors (Lipinski definition) is 5. The molecule has 0 bridgehead atoms. The Balaban J connectivity index is 2.80. The van der Waals surface area contributed by atoms with Crippen LogP contribution in [-0.2, 0) is 4.84 Å². The van der Waals surface area contributed by atoms with Gasteiger partial charge in [-0.15, -0.1) is 0 Å². The van der Waals surface area contributed by atoms with Gasteiger partial charge in [0, 0.05) is 20.2 Å². The third-order valence-electron chi connectivity index (χ3n) is 1.77. The number of nitrogens with one attached hydrogen (secondary N) is 1. The van der Waals surface area contributed by atoms with Crippen molar-refractivity contribution in [2.45, 2.75) is 0 Å². The molecule has 1 rings (SSSR count). The Hall–Kier alpha value is -2.19. The highest BCUT2D eigenvalue weighted by Crippen LogP contribution is 2.19. The summed E-state index contributed by atoms with van der Waals surface area (Å²) < 4.78 is 5.42. The first-order chi connectivity index (χ1) is 8.15. The number of nitrogens with zero attached hydrogens (tertiary/aromatic N) is 2. The van der Waals surface area contributed by atoms with Crippen molar-refractivity contribution in [1.82, 2.24) is 4.90 Å². The van der Waals surface area contributed by atoms with E-state index in [9.17, 15) is 0 Å².